The lowest BCUT2D eigenvalue weighted by Gasteiger charge is -2.37. The smallest absolute Gasteiger partial charge is 0.307 e. The van der Waals surface area contributed by atoms with Crippen molar-refractivity contribution >= 4 is 5.97 Å². The first-order valence-electron chi connectivity index (χ1n) is 9.90. The van der Waals surface area contributed by atoms with Gasteiger partial charge in [0.25, 0.3) is 0 Å². The van der Waals surface area contributed by atoms with E-state index < -0.39 is 5.97 Å². The fraction of sp³-hybridized carbons (Fsp3) is 0.250. The molecule has 3 aromatic rings. The molecule has 29 heavy (non-hydrogen) atoms. The molecule has 0 saturated carbocycles. The van der Waals surface area contributed by atoms with Gasteiger partial charge in [0.05, 0.1) is 12.0 Å². The number of nitrogens with zero attached hydrogens (tertiary/aromatic N) is 2. The molecule has 0 amide bonds. The van der Waals surface area contributed by atoms with Crippen LogP contribution in [0.25, 0.3) is 0 Å². The molecule has 1 aliphatic rings. The van der Waals surface area contributed by atoms with E-state index in [1.165, 1.54) is 0 Å². The van der Waals surface area contributed by atoms with Crippen LogP contribution >= 0.6 is 0 Å². The largest absolute Gasteiger partial charge is 0.481 e. The number of carbonyl (C=O) groups is 1. The summed E-state index contributed by atoms with van der Waals surface area (Å²) in [6.07, 6.45) is 5.21. The number of hydrogen-bond donors (Lipinski definition) is 1. The van der Waals surface area contributed by atoms with Gasteiger partial charge in [0.15, 0.2) is 0 Å². The van der Waals surface area contributed by atoms with Crippen LogP contribution in [0.4, 0.5) is 0 Å². The molecule has 0 aliphatic carbocycles. The minimum Gasteiger partial charge on any atom is -0.481 e. The van der Waals surface area contributed by atoms with Crippen molar-refractivity contribution in [3.05, 3.63) is 90.3 Å². The van der Waals surface area contributed by atoms with Gasteiger partial charge >= 0.3 is 5.97 Å². The maximum Gasteiger partial charge on any atom is 0.307 e. The Morgan fingerprint density at radius 3 is 2.59 bits per heavy atom. The lowest BCUT2D eigenvalue weighted by Crippen LogP contribution is -2.41. The quantitative estimate of drug-likeness (QED) is 0.660. The van der Waals surface area contributed by atoms with E-state index >= 15 is 0 Å². The average Bonchev–Trinajstić information content (AvgIpc) is 2.76. The van der Waals surface area contributed by atoms with Crippen LogP contribution in [0.1, 0.15) is 30.0 Å². The fourth-order valence-electron chi connectivity index (χ4n) is 3.97. The van der Waals surface area contributed by atoms with Crippen LogP contribution in [0, 0.1) is 5.92 Å². The zero-order valence-corrected chi connectivity index (χ0v) is 16.1. The summed E-state index contributed by atoms with van der Waals surface area (Å²) in [5.74, 6) is 0.480. The normalized spacial score (nSPS) is 18.1. The minimum absolute atomic E-state index is 0.0647. The third-order valence-electron chi connectivity index (χ3n) is 5.32. The zero-order valence-electron chi connectivity index (χ0n) is 16.1. The number of ether oxygens (including phenoxy) is 1. The maximum atomic E-state index is 11.6. The molecule has 0 spiro atoms. The molecular weight excluding hydrogens is 364 g/mol. The molecule has 148 valence electrons. The van der Waals surface area contributed by atoms with Crippen LogP contribution in [0.3, 0.4) is 0 Å². The van der Waals surface area contributed by atoms with Crippen LogP contribution in [-0.4, -0.2) is 34.0 Å². The highest BCUT2D eigenvalue weighted by molar-refractivity contribution is 5.70. The highest BCUT2D eigenvalue weighted by Gasteiger charge is 2.31. The number of hydrogen-bond acceptors (Lipinski definition) is 4. The molecule has 1 fully saturated rings. The monoisotopic (exact) mass is 388 g/mol. The van der Waals surface area contributed by atoms with E-state index in [2.05, 4.69) is 16.0 Å². The molecule has 1 N–H and O–H groups in total. The zero-order chi connectivity index (χ0) is 20.1. The number of para-hydroxylation sites is 1. The van der Waals surface area contributed by atoms with Crippen LogP contribution in [0.15, 0.2) is 79.1 Å². The van der Waals surface area contributed by atoms with E-state index in [-0.39, 0.29) is 12.0 Å². The molecule has 1 aliphatic heterocycles. The summed E-state index contributed by atoms with van der Waals surface area (Å²) < 4.78 is 6.02. The fourth-order valence-corrected chi connectivity index (χ4v) is 3.97. The van der Waals surface area contributed by atoms with Crippen molar-refractivity contribution < 1.29 is 14.6 Å². The summed E-state index contributed by atoms with van der Waals surface area (Å²) in [6, 6.07) is 21.6. The van der Waals surface area contributed by atoms with Gasteiger partial charge in [0.1, 0.15) is 11.5 Å². The van der Waals surface area contributed by atoms with E-state index in [1.54, 1.807) is 6.20 Å². The molecule has 1 saturated heterocycles. The summed E-state index contributed by atoms with van der Waals surface area (Å²) >= 11 is 0. The number of pyridine rings is 1. The van der Waals surface area contributed by atoms with Crippen LogP contribution in [-0.2, 0) is 4.79 Å². The molecule has 0 bridgehead atoms. The number of carboxylic acid groups (broad SMARTS) is 1. The predicted molar refractivity (Wildman–Crippen MR) is 111 cm³/mol. The van der Waals surface area contributed by atoms with Gasteiger partial charge in [-0.2, -0.15) is 0 Å². The number of likely N-dealkylation sites (tertiary alicyclic amines) is 1. The van der Waals surface area contributed by atoms with Crippen molar-refractivity contribution in [3.63, 3.8) is 0 Å². The first-order chi connectivity index (χ1) is 14.2. The Labute approximate surface area is 170 Å². The second-order valence-electron chi connectivity index (χ2n) is 7.35. The van der Waals surface area contributed by atoms with E-state index in [0.717, 1.165) is 42.0 Å². The molecule has 2 unspecified atom stereocenters. The first kappa shape index (κ1) is 19.2. The highest BCUT2D eigenvalue weighted by atomic mass is 16.5. The van der Waals surface area contributed by atoms with Gasteiger partial charge in [-0.3, -0.25) is 14.7 Å². The standard InChI is InChI=1S/C24H24N2O3/c27-24(28)20-9-6-14-26(17-20)23(19-8-5-13-25-16-19)18-7-4-12-22(15-18)29-21-10-2-1-3-11-21/h1-5,7-8,10-13,15-16,20,23H,6,9,14,17H2,(H,27,28). The summed E-state index contributed by atoms with van der Waals surface area (Å²) in [5, 5.41) is 9.53. The van der Waals surface area contributed by atoms with Gasteiger partial charge in [-0.15, -0.1) is 0 Å². The van der Waals surface area contributed by atoms with Crippen LogP contribution in [0.5, 0.6) is 11.5 Å². The lowest BCUT2D eigenvalue weighted by atomic mass is 9.92. The Balaban J connectivity index is 1.66. The second kappa shape index (κ2) is 8.88. The summed E-state index contributed by atoms with van der Waals surface area (Å²) in [7, 11) is 0. The molecule has 2 atom stereocenters. The molecule has 0 radical (unpaired) electrons. The van der Waals surface area contributed by atoms with Gasteiger partial charge in [-0.25, -0.2) is 0 Å². The van der Waals surface area contributed by atoms with Crippen molar-refractivity contribution in [2.75, 3.05) is 13.1 Å². The first-order valence-corrected chi connectivity index (χ1v) is 9.90. The number of aliphatic carboxylic acids is 1. The number of benzene rings is 2. The SMILES string of the molecule is O=C(O)C1CCCN(C(c2cccnc2)c2cccc(Oc3ccccc3)c2)C1. The number of aromatic nitrogens is 1. The van der Waals surface area contributed by atoms with E-state index in [9.17, 15) is 9.90 Å². The average molecular weight is 388 g/mol. The predicted octanol–water partition coefficient (Wildman–Crippen LogP) is 4.76. The van der Waals surface area contributed by atoms with Gasteiger partial charge in [0, 0.05) is 18.9 Å². The summed E-state index contributed by atoms with van der Waals surface area (Å²) in [5.41, 5.74) is 2.12. The Morgan fingerprint density at radius 2 is 1.83 bits per heavy atom. The molecule has 1 aromatic heterocycles. The van der Waals surface area contributed by atoms with Crippen molar-refractivity contribution in [1.82, 2.24) is 9.88 Å². The van der Waals surface area contributed by atoms with Gasteiger partial charge in [-0.1, -0.05) is 36.4 Å². The lowest BCUT2D eigenvalue weighted by molar-refractivity contribution is -0.143. The Morgan fingerprint density at radius 1 is 1.03 bits per heavy atom. The van der Waals surface area contributed by atoms with Gasteiger partial charge in [0.2, 0.25) is 0 Å². The molecule has 2 aromatic carbocycles. The van der Waals surface area contributed by atoms with Crippen molar-refractivity contribution in [2.45, 2.75) is 18.9 Å². The van der Waals surface area contributed by atoms with Crippen molar-refractivity contribution in [3.8, 4) is 11.5 Å². The Hall–Kier alpha value is -3.18. The Bertz CT molecular complexity index is 947. The summed E-state index contributed by atoms with van der Waals surface area (Å²) in [4.78, 5) is 18.1. The molecule has 4 rings (SSSR count). The third-order valence-corrected chi connectivity index (χ3v) is 5.32. The topological polar surface area (TPSA) is 62.7 Å². The number of rotatable bonds is 6. The van der Waals surface area contributed by atoms with E-state index in [1.807, 2.05) is 66.9 Å². The minimum atomic E-state index is -0.721. The molecule has 5 nitrogen and oxygen atoms in total. The number of carboxylic acids is 1. The Kier molecular flexibility index (Phi) is 5.86. The van der Waals surface area contributed by atoms with Gasteiger partial charge in [-0.05, 0) is 60.8 Å². The van der Waals surface area contributed by atoms with Gasteiger partial charge < -0.3 is 9.84 Å². The number of piperidine rings is 1. The highest BCUT2D eigenvalue weighted by Crippen LogP contribution is 2.34. The molecular formula is C24H24N2O3. The third kappa shape index (κ3) is 4.63. The van der Waals surface area contributed by atoms with Crippen LogP contribution in [0.2, 0.25) is 0 Å². The van der Waals surface area contributed by atoms with Crippen molar-refractivity contribution in [1.29, 1.82) is 0 Å². The molecule has 2 heterocycles. The van der Waals surface area contributed by atoms with E-state index in [4.69, 9.17) is 4.74 Å². The summed E-state index contributed by atoms with van der Waals surface area (Å²) in [6.45, 7) is 1.38. The van der Waals surface area contributed by atoms with Crippen molar-refractivity contribution in [2.24, 2.45) is 5.92 Å². The van der Waals surface area contributed by atoms with E-state index in [0.29, 0.717) is 6.54 Å². The molecule has 5 heteroatoms. The second-order valence-corrected chi connectivity index (χ2v) is 7.35. The maximum absolute atomic E-state index is 11.6. The van der Waals surface area contributed by atoms with Crippen LogP contribution < -0.4 is 4.74 Å².